The van der Waals surface area contributed by atoms with Crippen LogP contribution >= 0.6 is 23.1 Å². The molecule has 2 fully saturated rings. The zero-order valence-corrected chi connectivity index (χ0v) is 22.9. The lowest BCUT2D eigenvalue weighted by Crippen LogP contribution is -2.43. The number of nitrogens with one attached hydrogen (secondary N) is 1. The molecule has 4 heterocycles. The molecular weight excluding hydrogens is 561 g/mol. The highest BCUT2D eigenvalue weighted by Gasteiger charge is 2.56. The number of nitrogens with zero attached hydrogens (tertiary/aromatic N) is 2. The van der Waals surface area contributed by atoms with Crippen molar-refractivity contribution in [2.24, 2.45) is 5.92 Å². The summed E-state index contributed by atoms with van der Waals surface area (Å²) < 4.78 is 30.2. The molecule has 6 rings (SSSR count). The smallest absolute Gasteiger partial charge is 0.305 e. The monoisotopic (exact) mass is 585 g/mol. The molecule has 2 aromatic carbocycles. The molecule has 3 atom stereocenters. The number of hydrogen-bond donors (Lipinski definition) is 1. The first-order chi connectivity index (χ1) is 19.4. The van der Waals surface area contributed by atoms with E-state index in [1.807, 2.05) is 0 Å². The zero-order valence-electron chi connectivity index (χ0n) is 21.3. The van der Waals surface area contributed by atoms with E-state index in [9.17, 15) is 23.6 Å². The number of amides is 3. The molecule has 3 amide bonds. The second kappa shape index (κ2) is 10.7. The molecule has 208 valence electrons. The van der Waals surface area contributed by atoms with E-state index in [0.29, 0.717) is 53.3 Å². The summed E-state index contributed by atoms with van der Waals surface area (Å²) in [6.45, 7) is 1.80. The Labute approximate surface area is 236 Å². The first-order valence-corrected chi connectivity index (χ1v) is 14.2. The lowest BCUT2D eigenvalue weighted by atomic mass is 9.83. The van der Waals surface area contributed by atoms with Gasteiger partial charge in [-0.05, 0) is 42.0 Å². The number of carbonyl (C=O) groups is 3. The highest BCUT2D eigenvalue weighted by atomic mass is 32.2. The molecule has 0 aliphatic carbocycles. The largest absolute Gasteiger partial charge is 0.493 e. The number of thioether (sulfide) groups is 1. The number of ether oxygens (including phenoxy) is 3. The number of fused-ring (bicyclic) bond motifs is 2. The summed E-state index contributed by atoms with van der Waals surface area (Å²) in [5.41, 5.74) is 0.936. The van der Waals surface area contributed by atoms with Crippen LogP contribution in [0, 0.1) is 11.7 Å². The van der Waals surface area contributed by atoms with Gasteiger partial charge in [-0.1, -0.05) is 29.2 Å². The Kier molecular flexibility index (Phi) is 7.11. The molecule has 3 aromatic rings. The molecule has 1 N–H and O–H groups in total. The minimum absolute atomic E-state index is 0.167. The molecular formula is C27H24FN3O7S2. The van der Waals surface area contributed by atoms with E-state index < -0.39 is 34.7 Å². The first kappa shape index (κ1) is 26.5. The Hall–Kier alpha value is -3.68. The minimum atomic E-state index is -0.805. The van der Waals surface area contributed by atoms with Gasteiger partial charge in [0.2, 0.25) is 11.8 Å². The maximum atomic E-state index is 13.8. The van der Waals surface area contributed by atoms with Gasteiger partial charge in [0.1, 0.15) is 11.1 Å². The van der Waals surface area contributed by atoms with Crippen LogP contribution in [0.15, 0.2) is 52.3 Å². The van der Waals surface area contributed by atoms with Gasteiger partial charge in [-0.15, -0.1) is 0 Å². The summed E-state index contributed by atoms with van der Waals surface area (Å²) in [6, 6.07) is 10.3. The highest BCUT2D eigenvalue weighted by molar-refractivity contribution is 8.00. The zero-order chi connectivity index (χ0) is 28.0. The van der Waals surface area contributed by atoms with Gasteiger partial charge in [-0.25, -0.2) is 9.29 Å². The maximum Gasteiger partial charge on any atom is 0.305 e. The van der Waals surface area contributed by atoms with Crippen LogP contribution in [-0.4, -0.2) is 72.9 Å². The third kappa shape index (κ3) is 4.67. The van der Waals surface area contributed by atoms with Gasteiger partial charge in [0.25, 0.3) is 5.91 Å². The number of imide groups is 1. The van der Waals surface area contributed by atoms with Crippen LogP contribution in [-0.2, 0) is 19.1 Å². The Bertz CT molecular complexity index is 1530. The normalized spacial score (nSPS) is 22.2. The van der Waals surface area contributed by atoms with Crippen molar-refractivity contribution < 1.29 is 33.0 Å². The SMILES string of the molecule is COc1cc([C@@H]2c3sc(=O)[nH]c3S[C@H]3C(=O)N(c4ccc(F)cc4)C(=O)[C@@H]23)ccc1OCC(=O)N1CCOCC1. The van der Waals surface area contributed by atoms with Gasteiger partial charge < -0.3 is 24.1 Å². The molecule has 40 heavy (non-hydrogen) atoms. The number of halogens is 1. The van der Waals surface area contributed by atoms with Gasteiger partial charge in [-0.3, -0.25) is 19.2 Å². The molecule has 0 spiro atoms. The summed E-state index contributed by atoms with van der Waals surface area (Å²) in [6.07, 6.45) is 0. The van der Waals surface area contributed by atoms with E-state index in [1.54, 1.807) is 23.1 Å². The number of benzene rings is 2. The predicted octanol–water partition coefficient (Wildman–Crippen LogP) is 2.62. The van der Waals surface area contributed by atoms with Crippen molar-refractivity contribution in [1.82, 2.24) is 9.88 Å². The van der Waals surface area contributed by atoms with Crippen LogP contribution in [0.3, 0.4) is 0 Å². The molecule has 10 nitrogen and oxygen atoms in total. The number of methoxy groups -OCH3 is 1. The fraction of sp³-hybridized carbons (Fsp3) is 0.333. The average Bonchev–Trinajstić information content (AvgIpc) is 3.46. The second-order valence-electron chi connectivity index (χ2n) is 9.43. The number of aromatic amines is 1. The number of carbonyl (C=O) groups excluding carboxylic acids is 3. The van der Waals surface area contributed by atoms with E-state index >= 15 is 0 Å². The maximum absolute atomic E-state index is 13.8. The van der Waals surface area contributed by atoms with Crippen LogP contribution in [0.4, 0.5) is 10.1 Å². The van der Waals surface area contributed by atoms with Crippen molar-refractivity contribution in [2.75, 3.05) is 44.9 Å². The average molecular weight is 586 g/mol. The van der Waals surface area contributed by atoms with Crippen LogP contribution in [0.5, 0.6) is 11.5 Å². The van der Waals surface area contributed by atoms with Crippen LogP contribution in [0.2, 0.25) is 0 Å². The first-order valence-electron chi connectivity index (χ1n) is 12.5. The molecule has 1 aromatic heterocycles. The van der Waals surface area contributed by atoms with Crippen molar-refractivity contribution >= 4 is 46.5 Å². The number of H-pyrrole nitrogens is 1. The van der Waals surface area contributed by atoms with Crippen LogP contribution < -0.4 is 19.2 Å². The number of morpholine rings is 1. The van der Waals surface area contributed by atoms with E-state index in [2.05, 4.69) is 4.98 Å². The lowest BCUT2D eigenvalue weighted by molar-refractivity contribution is -0.137. The molecule has 13 heteroatoms. The number of hydrogen-bond acceptors (Lipinski definition) is 9. The van der Waals surface area contributed by atoms with Crippen LogP contribution in [0.25, 0.3) is 0 Å². The lowest BCUT2D eigenvalue weighted by Gasteiger charge is -2.30. The molecule has 0 saturated carbocycles. The van der Waals surface area contributed by atoms with Crippen molar-refractivity contribution in [2.45, 2.75) is 16.2 Å². The summed E-state index contributed by atoms with van der Waals surface area (Å²) in [5, 5.41) is -0.243. The van der Waals surface area contributed by atoms with Crippen molar-refractivity contribution in [3.8, 4) is 11.5 Å². The highest BCUT2D eigenvalue weighted by Crippen LogP contribution is 2.53. The van der Waals surface area contributed by atoms with E-state index in [-0.39, 0.29) is 23.1 Å². The fourth-order valence-electron chi connectivity index (χ4n) is 5.26. The van der Waals surface area contributed by atoms with Crippen LogP contribution in [0.1, 0.15) is 16.4 Å². The van der Waals surface area contributed by atoms with Crippen molar-refractivity contribution in [3.05, 3.63) is 68.4 Å². The molecule has 0 unspecified atom stereocenters. The number of aromatic nitrogens is 1. The van der Waals surface area contributed by atoms with Gasteiger partial charge in [0, 0.05) is 23.9 Å². The molecule has 3 aliphatic heterocycles. The molecule has 0 radical (unpaired) electrons. The number of anilines is 1. The van der Waals surface area contributed by atoms with E-state index in [0.717, 1.165) is 28.0 Å². The Morgan fingerprint density at radius 1 is 1.07 bits per heavy atom. The summed E-state index contributed by atoms with van der Waals surface area (Å²) >= 11 is 2.16. The van der Waals surface area contributed by atoms with E-state index in [1.165, 1.54) is 31.4 Å². The number of rotatable bonds is 6. The summed E-state index contributed by atoms with van der Waals surface area (Å²) in [7, 11) is 1.47. The van der Waals surface area contributed by atoms with E-state index in [4.69, 9.17) is 14.2 Å². The predicted molar refractivity (Wildman–Crippen MR) is 145 cm³/mol. The van der Waals surface area contributed by atoms with Gasteiger partial charge in [-0.2, -0.15) is 0 Å². The third-order valence-electron chi connectivity index (χ3n) is 7.17. The van der Waals surface area contributed by atoms with Crippen molar-refractivity contribution in [1.29, 1.82) is 0 Å². The topological polar surface area (TPSA) is 118 Å². The standard InChI is InChI=1S/C27H24FN3O7S2/c1-36-18-12-14(2-7-17(18)38-13-19(32)30-8-10-37-11-9-30)20-21-23(39-24-22(20)40-27(35)29-24)26(34)31(25(21)33)16-5-3-15(28)4-6-16/h2-7,12,20-21,23H,8-11,13H2,1H3,(H,29,35)/t20-,21-,23+/m0/s1. The minimum Gasteiger partial charge on any atom is -0.493 e. The Balaban J connectivity index is 1.32. The van der Waals surface area contributed by atoms with Gasteiger partial charge in [0.15, 0.2) is 18.1 Å². The molecule has 3 aliphatic rings. The Morgan fingerprint density at radius 2 is 1.82 bits per heavy atom. The molecule has 2 saturated heterocycles. The molecule has 0 bridgehead atoms. The van der Waals surface area contributed by atoms with Crippen molar-refractivity contribution in [3.63, 3.8) is 0 Å². The second-order valence-corrected chi connectivity index (χ2v) is 11.6. The third-order valence-corrected chi connectivity index (χ3v) is 9.57. The van der Waals surface area contributed by atoms with Gasteiger partial charge in [0.05, 0.1) is 37.0 Å². The summed E-state index contributed by atoms with van der Waals surface area (Å²) in [5.74, 6) is -2.24. The van der Waals surface area contributed by atoms with Gasteiger partial charge >= 0.3 is 4.87 Å². The number of thiazole rings is 1. The quantitative estimate of drug-likeness (QED) is 0.439. The fourth-order valence-corrected chi connectivity index (χ4v) is 7.78. The summed E-state index contributed by atoms with van der Waals surface area (Å²) in [4.78, 5) is 58.1. The Morgan fingerprint density at radius 3 is 2.55 bits per heavy atom.